The van der Waals surface area contributed by atoms with Gasteiger partial charge in [0.1, 0.15) is 46.8 Å². The van der Waals surface area contributed by atoms with Crippen molar-refractivity contribution >= 4 is 47.1 Å². The van der Waals surface area contributed by atoms with E-state index in [9.17, 15) is 29.1 Å². The molecule has 2 fully saturated rings. The third-order valence-corrected chi connectivity index (χ3v) is 11.5. The molecule has 4 rings (SSSR count). The number of rotatable bonds is 8. The number of benzene rings is 1. The first-order valence-electron chi connectivity index (χ1n) is 18.3. The summed E-state index contributed by atoms with van der Waals surface area (Å²) in [6, 6.07) is 1.58. The Morgan fingerprint density at radius 2 is 1.82 bits per heavy atom. The van der Waals surface area contributed by atoms with Crippen molar-refractivity contribution in [3.8, 4) is 5.75 Å². The zero-order chi connectivity index (χ0) is 41.2. The number of nitrogens with zero attached hydrogens (tertiary/aromatic N) is 3. The highest BCUT2D eigenvalue weighted by Crippen LogP contribution is 2.49. The molecule has 0 spiro atoms. The third-order valence-electron chi connectivity index (χ3n) is 11.1. The highest BCUT2D eigenvalue weighted by molar-refractivity contribution is 6.35. The molecule has 1 aromatic rings. The maximum Gasteiger partial charge on any atom is 0.409 e. The maximum atomic E-state index is 14.2. The smallest absolute Gasteiger partial charge is 0.409 e. The first kappa shape index (κ1) is 43.5. The molecule has 15 nitrogen and oxygen atoms in total. The molecule has 2 saturated heterocycles. The molecular formula is C39H55ClN4O11. The molecule has 0 aliphatic carbocycles. The van der Waals surface area contributed by atoms with Gasteiger partial charge in [-0.1, -0.05) is 49.2 Å². The highest BCUT2D eigenvalue weighted by atomic mass is 35.5. The molecule has 2 N–H and O–H groups in total. The number of anilines is 1. The van der Waals surface area contributed by atoms with Crippen LogP contribution in [-0.4, -0.2) is 128 Å². The van der Waals surface area contributed by atoms with E-state index in [2.05, 4.69) is 5.32 Å². The predicted octanol–water partition coefficient (Wildman–Crippen LogP) is 3.77. The van der Waals surface area contributed by atoms with Crippen LogP contribution < -0.4 is 15.0 Å². The quantitative estimate of drug-likeness (QED) is 0.290. The van der Waals surface area contributed by atoms with Crippen LogP contribution in [0, 0.1) is 5.92 Å². The number of allylic oxidation sites excluding steroid dienone is 3. The van der Waals surface area contributed by atoms with Gasteiger partial charge >= 0.3 is 12.1 Å². The molecule has 9 unspecified atom stereocenters. The van der Waals surface area contributed by atoms with Crippen LogP contribution >= 0.6 is 11.6 Å². The van der Waals surface area contributed by atoms with Gasteiger partial charge in [-0.05, 0) is 51.8 Å². The summed E-state index contributed by atoms with van der Waals surface area (Å²) in [6.45, 7) is 10.1. The lowest BCUT2D eigenvalue weighted by Crippen LogP contribution is -2.63. The molecule has 3 aliphatic heterocycles. The number of ether oxygens (including phenoxy) is 5. The van der Waals surface area contributed by atoms with Crippen LogP contribution in [0.15, 0.2) is 35.9 Å². The Kier molecular flexibility index (Phi) is 13.7. The van der Waals surface area contributed by atoms with Gasteiger partial charge in [0.25, 0.3) is 0 Å². The second-order valence-electron chi connectivity index (χ2n) is 14.9. The summed E-state index contributed by atoms with van der Waals surface area (Å²) in [5, 5.41) is 14.5. The zero-order valence-electron chi connectivity index (χ0n) is 33.5. The number of amides is 4. The fourth-order valence-electron chi connectivity index (χ4n) is 7.12. The number of alkyl carbamates (subject to hydrolysis) is 1. The van der Waals surface area contributed by atoms with E-state index < -0.39 is 77.6 Å². The van der Waals surface area contributed by atoms with Crippen molar-refractivity contribution in [2.45, 2.75) is 115 Å². The van der Waals surface area contributed by atoms with E-state index >= 15 is 0 Å². The second-order valence-corrected chi connectivity index (χ2v) is 15.3. The molecule has 0 saturated carbocycles. The number of aliphatic hydroxyl groups is 1. The Bertz CT molecular complexity index is 1720. The van der Waals surface area contributed by atoms with Gasteiger partial charge in [-0.2, -0.15) is 0 Å². The molecule has 1 aromatic carbocycles. The lowest BCUT2D eigenvalue weighted by molar-refractivity contribution is -0.163. The minimum absolute atomic E-state index is 0.0747. The minimum atomic E-state index is -1.85. The third kappa shape index (κ3) is 9.28. The Balaban J connectivity index is 1.75. The summed E-state index contributed by atoms with van der Waals surface area (Å²) in [6.07, 6.45) is 0.847. The number of methoxy groups -OCH3 is 2. The van der Waals surface area contributed by atoms with Crippen LogP contribution in [0.5, 0.6) is 5.75 Å². The molecule has 55 heavy (non-hydrogen) atoms. The molecule has 304 valence electrons. The van der Waals surface area contributed by atoms with E-state index in [0.29, 0.717) is 17.9 Å². The summed E-state index contributed by atoms with van der Waals surface area (Å²) < 4.78 is 29.2. The Hall–Kier alpha value is -4.18. The van der Waals surface area contributed by atoms with Crippen LogP contribution in [0.4, 0.5) is 10.5 Å². The van der Waals surface area contributed by atoms with Crippen LogP contribution in [-0.2, 0) is 44.5 Å². The fraction of sp³-hybridized carbons (Fsp3) is 0.615. The van der Waals surface area contributed by atoms with Crippen molar-refractivity contribution < 1.29 is 52.8 Å². The Labute approximate surface area is 327 Å². The molecule has 3 aliphatic rings. The van der Waals surface area contributed by atoms with E-state index in [1.807, 2.05) is 13.0 Å². The number of esters is 1. The normalized spacial score (nSPS) is 31.0. The van der Waals surface area contributed by atoms with Gasteiger partial charge < -0.3 is 43.5 Å². The standard InChI is InChI=1S/C39H55ClN4O11/c1-12-31(45)42(7)23(4)35(47)43(8)24(5)36(48)54-30-19-32(46)44(9)26-17-25(18-27(51-10)33(26)40)16-21(2)14-13-15-29(52-11)39(50)20-28(53-37(49)41-39)22(3)34-38(30,6)55-34/h13-15,17-18,22-24,28-30,34,50H,12,16,19-20H2,1-11H3,(H,41,49)/b15-13+,21-14+. The van der Waals surface area contributed by atoms with Gasteiger partial charge in [0.15, 0.2) is 5.72 Å². The molecule has 9 atom stereocenters. The van der Waals surface area contributed by atoms with Gasteiger partial charge in [0.05, 0.1) is 25.3 Å². The predicted molar refractivity (Wildman–Crippen MR) is 203 cm³/mol. The monoisotopic (exact) mass is 790 g/mol. The van der Waals surface area contributed by atoms with Gasteiger partial charge in [-0.15, -0.1) is 0 Å². The number of fused-ring (bicyclic) bond motifs is 5. The van der Waals surface area contributed by atoms with Crippen LogP contribution in [0.3, 0.4) is 0 Å². The van der Waals surface area contributed by atoms with Crippen LogP contribution in [0.2, 0.25) is 5.02 Å². The number of likely N-dealkylation sites (N-methyl/N-ethyl adjacent to an activating group) is 2. The fourth-order valence-corrected chi connectivity index (χ4v) is 7.43. The molecule has 3 heterocycles. The molecule has 0 aromatic heterocycles. The molecular weight excluding hydrogens is 736 g/mol. The minimum Gasteiger partial charge on any atom is -0.495 e. The van der Waals surface area contributed by atoms with E-state index in [1.54, 1.807) is 59.0 Å². The average molecular weight is 791 g/mol. The summed E-state index contributed by atoms with van der Waals surface area (Å²) in [7, 11) is 7.41. The van der Waals surface area contributed by atoms with Crippen molar-refractivity contribution in [2.75, 3.05) is 40.3 Å². The first-order chi connectivity index (χ1) is 25.7. The highest BCUT2D eigenvalue weighted by Gasteiger charge is 2.64. The van der Waals surface area contributed by atoms with E-state index in [4.69, 9.17) is 35.3 Å². The number of epoxide rings is 1. The van der Waals surface area contributed by atoms with Gasteiger partial charge in [0.2, 0.25) is 17.7 Å². The van der Waals surface area contributed by atoms with Crippen molar-refractivity contribution in [1.82, 2.24) is 15.1 Å². The van der Waals surface area contributed by atoms with E-state index in [0.717, 1.165) is 11.1 Å². The lowest BCUT2D eigenvalue weighted by Gasteiger charge is -2.42. The van der Waals surface area contributed by atoms with Gasteiger partial charge in [-0.3, -0.25) is 19.7 Å². The average Bonchev–Trinajstić information content (AvgIpc) is 3.85. The maximum absolute atomic E-state index is 14.2. The SMILES string of the molecule is CCC(=O)N(C)C(C)C(=O)N(C)C(C)C(=O)OC1CC(=O)N(C)c2cc(cc(OC)c2Cl)C/C(C)=C/C=C/C(OC)C2(O)CC(OC(=O)N2)C(C)C2OC12C. The van der Waals surface area contributed by atoms with Crippen molar-refractivity contribution in [1.29, 1.82) is 0 Å². The Morgan fingerprint density at radius 1 is 1.15 bits per heavy atom. The molecule has 16 heteroatoms. The second kappa shape index (κ2) is 17.3. The lowest BCUT2D eigenvalue weighted by atomic mass is 9.83. The first-order valence-corrected chi connectivity index (χ1v) is 18.7. The summed E-state index contributed by atoms with van der Waals surface area (Å²) in [5.41, 5.74) is -1.05. The van der Waals surface area contributed by atoms with Crippen molar-refractivity contribution in [2.24, 2.45) is 5.92 Å². The molecule has 0 radical (unpaired) electrons. The number of carbonyl (C=O) groups is 5. The summed E-state index contributed by atoms with van der Waals surface area (Å²) in [5.74, 6) is -2.21. The van der Waals surface area contributed by atoms with Gasteiger partial charge in [-0.25, -0.2) is 9.59 Å². The number of carbonyl (C=O) groups excluding carboxylic acids is 5. The number of hydrogen-bond acceptors (Lipinski definition) is 11. The number of nitrogens with one attached hydrogen (secondary N) is 1. The molecule has 4 bridgehead atoms. The van der Waals surface area contributed by atoms with E-state index in [1.165, 1.54) is 49.9 Å². The van der Waals surface area contributed by atoms with Gasteiger partial charge in [0, 0.05) is 47.0 Å². The summed E-state index contributed by atoms with van der Waals surface area (Å²) >= 11 is 6.76. The largest absolute Gasteiger partial charge is 0.495 e. The van der Waals surface area contributed by atoms with Crippen LogP contribution in [0.25, 0.3) is 0 Å². The van der Waals surface area contributed by atoms with E-state index in [-0.39, 0.29) is 30.2 Å². The van der Waals surface area contributed by atoms with Crippen molar-refractivity contribution in [3.63, 3.8) is 0 Å². The molecule has 4 amide bonds. The Morgan fingerprint density at radius 3 is 2.44 bits per heavy atom. The topological polar surface area (TPSA) is 177 Å². The van der Waals surface area contributed by atoms with Crippen LogP contribution in [0.1, 0.15) is 66.4 Å². The number of halogens is 1. The van der Waals surface area contributed by atoms with Crippen molar-refractivity contribution in [3.05, 3.63) is 46.5 Å². The summed E-state index contributed by atoms with van der Waals surface area (Å²) in [4.78, 5) is 70.5. The zero-order valence-corrected chi connectivity index (χ0v) is 34.3. The number of hydrogen-bond donors (Lipinski definition) is 2.